The summed E-state index contributed by atoms with van der Waals surface area (Å²) in [5.41, 5.74) is -2.06. The molecule has 3 aromatic rings. The van der Waals surface area contributed by atoms with Gasteiger partial charge in [-0.05, 0) is 36.4 Å². The number of nitrogens with one attached hydrogen (secondary N) is 1. The third-order valence-electron chi connectivity index (χ3n) is 4.73. The van der Waals surface area contributed by atoms with Gasteiger partial charge in [0.15, 0.2) is 0 Å². The number of aliphatic carboxylic acids is 1. The summed E-state index contributed by atoms with van der Waals surface area (Å²) in [7, 11) is 0. The highest BCUT2D eigenvalue weighted by Crippen LogP contribution is 2.33. The molecule has 11 heteroatoms. The highest BCUT2D eigenvalue weighted by molar-refractivity contribution is 6.02. The number of para-hydroxylation sites is 1. The van der Waals surface area contributed by atoms with Gasteiger partial charge in [-0.3, -0.25) is 14.9 Å². The minimum absolute atomic E-state index is 0.0920. The molecule has 0 saturated heterocycles. The molecular weight excluding hydrogens is 469 g/mol. The first-order valence-corrected chi connectivity index (χ1v) is 9.94. The van der Waals surface area contributed by atoms with Gasteiger partial charge in [0.1, 0.15) is 18.1 Å². The molecule has 0 unspecified atom stereocenters. The van der Waals surface area contributed by atoms with Crippen molar-refractivity contribution in [3.8, 4) is 5.75 Å². The molecule has 0 aliphatic carbocycles. The van der Waals surface area contributed by atoms with Gasteiger partial charge in [-0.25, -0.2) is 4.79 Å². The first kappa shape index (κ1) is 25.0. The lowest BCUT2D eigenvalue weighted by Crippen LogP contribution is -2.27. The number of carboxylic acid groups (broad SMARTS) is 1. The number of nitrogens with zero attached hydrogens (tertiary/aromatic N) is 1. The summed E-state index contributed by atoms with van der Waals surface area (Å²) in [5.74, 6) is -1.99. The van der Waals surface area contributed by atoms with E-state index in [1.165, 1.54) is 24.3 Å². The lowest BCUT2D eigenvalue weighted by atomic mass is 10.1. The summed E-state index contributed by atoms with van der Waals surface area (Å²) in [6, 6.07) is 16.0. The van der Waals surface area contributed by atoms with Crippen molar-refractivity contribution in [1.82, 2.24) is 5.32 Å². The summed E-state index contributed by atoms with van der Waals surface area (Å²) < 4.78 is 44.3. The molecule has 3 rings (SSSR count). The van der Waals surface area contributed by atoms with Gasteiger partial charge in [-0.1, -0.05) is 36.4 Å². The molecule has 2 N–H and O–H groups in total. The number of rotatable bonds is 8. The molecule has 1 amide bonds. The molecule has 0 fully saturated rings. The van der Waals surface area contributed by atoms with Crippen molar-refractivity contribution in [1.29, 1.82) is 0 Å². The van der Waals surface area contributed by atoms with Crippen LogP contribution in [0.1, 0.15) is 27.0 Å². The van der Waals surface area contributed by atoms with Gasteiger partial charge >= 0.3 is 12.1 Å². The molecule has 8 nitrogen and oxygen atoms in total. The Bertz CT molecular complexity index is 1290. The maximum absolute atomic E-state index is 12.9. The number of carboxylic acids is 1. The van der Waals surface area contributed by atoms with Gasteiger partial charge in [-0.2, -0.15) is 13.2 Å². The van der Waals surface area contributed by atoms with Crippen LogP contribution >= 0.6 is 0 Å². The molecule has 0 radical (unpaired) electrons. The molecular formula is C24H17F3N2O6. The van der Waals surface area contributed by atoms with Gasteiger partial charge in [0.25, 0.3) is 11.6 Å². The highest BCUT2D eigenvalue weighted by atomic mass is 19.4. The summed E-state index contributed by atoms with van der Waals surface area (Å²) in [5, 5.41) is 23.1. The molecule has 0 aromatic heterocycles. The number of nitro benzene ring substituents is 1. The summed E-state index contributed by atoms with van der Waals surface area (Å²) >= 11 is 0. The molecule has 0 saturated carbocycles. The molecule has 180 valence electrons. The third kappa shape index (κ3) is 6.44. The molecule has 0 spiro atoms. The average Bonchev–Trinajstić information content (AvgIpc) is 2.82. The van der Waals surface area contributed by atoms with Gasteiger partial charge in [-0.15, -0.1) is 0 Å². The fraction of sp³-hybridized carbons (Fsp3) is 0.0833. The molecule has 0 aliphatic rings. The standard InChI is InChI=1S/C24H17F3N2O6/c25-24(26,27)18-11-10-17(20(13-18)29(33)34)14-35-21-9-5-4-8-16(21)12-19(23(31)32)28-22(30)15-6-2-1-3-7-15/h1-13H,14H2,(H,28,30)(H,31,32)/b19-12+. The van der Waals surface area contributed by atoms with Gasteiger partial charge in [0, 0.05) is 17.2 Å². The van der Waals surface area contributed by atoms with Crippen LogP contribution in [0.5, 0.6) is 5.75 Å². The fourth-order valence-electron chi connectivity index (χ4n) is 3.01. The third-order valence-corrected chi connectivity index (χ3v) is 4.73. The van der Waals surface area contributed by atoms with E-state index in [-0.39, 0.29) is 22.4 Å². The number of benzene rings is 3. The monoisotopic (exact) mass is 486 g/mol. The van der Waals surface area contributed by atoms with Crippen LogP contribution in [0, 0.1) is 10.1 Å². The summed E-state index contributed by atoms with van der Waals surface area (Å²) in [6.45, 7) is -0.460. The molecule has 0 aliphatic heterocycles. The quantitative estimate of drug-likeness (QED) is 0.261. The Labute approximate surface area is 196 Å². The fourth-order valence-corrected chi connectivity index (χ4v) is 3.01. The number of hydrogen-bond donors (Lipinski definition) is 2. The zero-order valence-corrected chi connectivity index (χ0v) is 17.8. The number of halogens is 3. The molecule has 0 bridgehead atoms. The van der Waals surface area contributed by atoms with E-state index in [9.17, 15) is 38.0 Å². The minimum Gasteiger partial charge on any atom is -0.488 e. The van der Waals surface area contributed by atoms with Crippen LogP contribution in [-0.4, -0.2) is 21.9 Å². The van der Waals surface area contributed by atoms with E-state index in [0.29, 0.717) is 12.1 Å². The Morgan fingerprint density at radius 2 is 1.69 bits per heavy atom. The minimum atomic E-state index is -4.75. The Morgan fingerprint density at radius 3 is 2.31 bits per heavy atom. The Morgan fingerprint density at radius 1 is 1.03 bits per heavy atom. The van der Waals surface area contributed by atoms with Crippen molar-refractivity contribution in [2.24, 2.45) is 0 Å². The van der Waals surface area contributed by atoms with Crippen molar-refractivity contribution in [2.75, 3.05) is 0 Å². The maximum atomic E-state index is 12.9. The van der Waals surface area contributed by atoms with Crippen LogP contribution in [-0.2, 0) is 17.6 Å². The lowest BCUT2D eigenvalue weighted by molar-refractivity contribution is -0.386. The number of carbonyl (C=O) groups excluding carboxylic acids is 1. The number of alkyl halides is 3. The van der Waals surface area contributed by atoms with Gasteiger partial charge in [0.05, 0.1) is 16.1 Å². The SMILES string of the molecule is O=C(O)/C(=C\c1ccccc1OCc1ccc(C(F)(F)F)cc1[N+](=O)[O-])NC(=O)c1ccccc1. The van der Waals surface area contributed by atoms with E-state index >= 15 is 0 Å². The Hall–Kier alpha value is -4.67. The summed E-state index contributed by atoms with van der Waals surface area (Å²) in [4.78, 5) is 34.4. The number of amides is 1. The zero-order chi connectivity index (χ0) is 25.6. The van der Waals surface area contributed by atoms with E-state index in [1.807, 2.05) is 0 Å². The first-order chi connectivity index (χ1) is 16.6. The smallest absolute Gasteiger partial charge is 0.416 e. The predicted molar refractivity (Wildman–Crippen MR) is 118 cm³/mol. The second-order valence-corrected chi connectivity index (χ2v) is 7.11. The average molecular weight is 486 g/mol. The van der Waals surface area contributed by atoms with E-state index in [4.69, 9.17) is 4.74 Å². The topological polar surface area (TPSA) is 119 Å². The van der Waals surface area contributed by atoms with Crippen molar-refractivity contribution in [3.63, 3.8) is 0 Å². The number of hydrogen-bond acceptors (Lipinski definition) is 5. The van der Waals surface area contributed by atoms with Crippen molar-refractivity contribution in [2.45, 2.75) is 12.8 Å². The first-order valence-electron chi connectivity index (χ1n) is 9.94. The lowest BCUT2D eigenvalue weighted by Gasteiger charge is -2.12. The van der Waals surface area contributed by atoms with Crippen LogP contribution < -0.4 is 10.1 Å². The van der Waals surface area contributed by atoms with E-state index in [1.54, 1.807) is 30.3 Å². The molecule has 0 heterocycles. The van der Waals surface area contributed by atoms with Crippen molar-refractivity contribution >= 4 is 23.6 Å². The van der Waals surface area contributed by atoms with Crippen LogP contribution in [0.2, 0.25) is 0 Å². The van der Waals surface area contributed by atoms with Crippen molar-refractivity contribution in [3.05, 3.63) is 111 Å². The Balaban J connectivity index is 1.86. The molecule has 0 atom stereocenters. The number of carbonyl (C=O) groups is 2. The maximum Gasteiger partial charge on any atom is 0.416 e. The molecule has 35 heavy (non-hydrogen) atoms. The second kappa shape index (κ2) is 10.5. The van der Waals surface area contributed by atoms with Crippen LogP contribution in [0.15, 0.2) is 78.5 Å². The van der Waals surface area contributed by atoms with Crippen LogP contribution in [0.25, 0.3) is 6.08 Å². The largest absolute Gasteiger partial charge is 0.488 e. The van der Waals surface area contributed by atoms with Gasteiger partial charge < -0.3 is 15.2 Å². The zero-order valence-electron chi connectivity index (χ0n) is 17.8. The predicted octanol–water partition coefficient (Wildman–Crippen LogP) is 5.05. The van der Waals surface area contributed by atoms with Crippen molar-refractivity contribution < 1.29 is 37.5 Å². The number of nitro groups is 1. The second-order valence-electron chi connectivity index (χ2n) is 7.11. The Kier molecular flexibility index (Phi) is 7.49. The van der Waals surface area contributed by atoms with E-state index in [0.717, 1.165) is 12.1 Å². The number of ether oxygens (including phenoxy) is 1. The normalized spacial score (nSPS) is 11.6. The van der Waals surface area contributed by atoms with Crippen LogP contribution in [0.4, 0.5) is 18.9 Å². The molecule has 3 aromatic carbocycles. The van der Waals surface area contributed by atoms with Crippen LogP contribution in [0.3, 0.4) is 0 Å². The van der Waals surface area contributed by atoms with E-state index in [2.05, 4.69) is 5.32 Å². The summed E-state index contributed by atoms with van der Waals surface area (Å²) in [6.07, 6.45) is -3.61. The van der Waals surface area contributed by atoms with Gasteiger partial charge in [0.2, 0.25) is 0 Å². The highest BCUT2D eigenvalue weighted by Gasteiger charge is 2.33. The van der Waals surface area contributed by atoms with E-state index < -0.39 is 46.5 Å².